The minimum Gasteiger partial charge on any atom is -0.444 e. The van der Waals surface area contributed by atoms with Crippen LogP contribution in [0.25, 0.3) is 5.65 Å². The number of aliphatic hydroxyl groups excluding tert-OH is 1. The van der Waals surface area contributed by atoms with Gasteiger partial charge in [0.05, 0.1) is 24.0 Å². The summed E-state index contributed by atoms with van der Waals surface area (Å²) in [5, 5.41) is 15.5. The van der Waals surface area contributed by atoms with Gasteiger partial charge in [0.1, 0.15) is 5.60 Å². The normalized spacial score (nSPS) is 13.1. The number of anilines is 2. The molecule has 0 fully saturated rings. The second-order valence-corrected chi connectivity index (χ2v) is 7.10. The van der Waals surface area contributed by atoms with E-state index in [1.807, 2.05) is 45.2 Å². The summed E-state index contributed by atoms with van der Waals surface area (Å²) in [6, 6.07) is 1.71. The van der Waals surface area contributed by atoms with Crippen LogP contribution in [0.15, 0.2) is 24.7 Å². The molecule has 0 saturated heterocycles. The van der Waals surface area contributed by atoms with Crippen molar-refractivity contribution in [1.82, 2.24) is 9.38 Å². The second kappa shape index (κ2) is 7.09. The summed E-state index contributed by atoms with van der Waals surface area (Å²) in [7, 11) is 0. The highest BCUT2D eigenvalue weighted by atomic mass is 16.6. The van der Waals surface area contributed by atoms with Gasteiger partial charge >= 0.3 is 6.09 Å². The van der Waals surface area contributed by atoms with E-state index in [1.54, 1.807) is 18.5 Å². The topological polar surface area (TPSA) is 87.9 Å². The number of nitrogens with one attached hydrogen (secondary N) is 2. The van der Waals surface area contributed by atoms with E-state index in [-0.39, 0.29) is 18.6 Å². The molecule has 1 amide bonds. The van der Waals surface area contributed by atoms with E-state index in [0.29, 0.717) is 11.3 Å². The zero-order chi connectivity index (χ0) is 17.9. The Labute approximate surface area is 142 Å². The summed E-state index contributed by atoms with van der Waals surface area (Å²) < 4.78 is 7.11. The van der Waals surface area contributed by atoms with E-state index in [4.69, 9.17) is 4.74 Å². The fraction of sp³-hybridized carbons (Fsp3) is 0.529. The van der Waals surface area contributed by atoms with Gasteiger partial charge in [-0.25, -0.2) is 9.78 Å². The number of aliphatic hydroxyl groups is 1. The quantitative estimate of drug-likeness (QED) is 0.782. The minimum absolute atomic E-state index is 0.0223. The molecule has 24 heavy (non-hydrogen) atoms. The Morgan fingerprint density at radius 2 is 2.12 bits per heavy atom. The van der Waals surface area contributed by atoms with Crippen LogP contribution in [-0.4, -0.2) is 38.8 Å². The predicted octanol–water partition coefficient (Wildman–Crippen LogP) is 3.11. The van der Waals surface area contributed by atoms with Gasteiger partial charge in [-0.2, -0.15) is 0 Å². The van der Waals surface area contributed by atoms with Gasteiger partial charge in [-0.15, -0.1) is 0 Å². The van der Waals surface area contributed by atoms with Crippen LogP contribution in [0.1, 0.15) is 34.6 Å². The molecule has 7 nitrogen and oxygen atoms in total. The SMILES string of the molecule is CC(C)[C@H](CO)Nc1cc(NC(=O)OC(C)(C)C)c2nccn2c1. The second-order valence-electron chi connectivity index (χ2n) is 7.10. The van der Waals surface area contributed by atoms with E-state index in [2.05, 4.69) is 15.6 Å². The molecule has 0 radical (unpaired) electrons. The Balaban J connectivity index is 2.28. The average Bonchev–Trinajstić information content (AvgIpc) is 2.90. The van der Waals surface area contributed by atoms with Crippen molar-refractivity contribution in [3.8, 4) is 0 Å². The average molecular weight is 334 g/mol. The Kier molecular flexibility index (Phi) is 5.33. The number of carbonyl (C=O) groups excluding carboxylic acids is 1. The fourth-order valence-corrected chi connectivity index (χ4v) is 2.25. The van der Waals surface area contributed by atoms with Gasteiger partial charge in [-0.1, -0.05) is 13.8 Å². The molecule has 2 rings (SSSR count). The lowest BCUT2D eigenvalue weighted by Crippen LogP contribution is -2.30. The van der Waals surface area contributed by atoms with E-state index < -0.39 is 11.7 Å². The van der Waals surface area contributed by atoms with Crippen molar-refractivity contribution < 1.29 is 14.6 Å². The van der Waals surface area contributed by atoms with Crippen molar-refractivity contribution >= 4 is 23.1 Å². The number of pyridine rings is 1. The number of ether oxygens (including phenoxy) is 1. The van der Waals surface area contributed by atoms with Gasteiger partial charge in [-0.05, 0) is 32.8 Å². The predicted molar refractivity (Wildman–Crippen MR) is 94.4 cm³/mol. The Hall–Kier alpha value is -2.28. The maximum Gasteiger partial charge on any atom is 0.412 e. The molecule has 2 heterocycles. The number of imidazole rings is 1. The molecule has 2 aromatic heterocycles. The van der Waals surface area contributed by atoms with Crippen LogP contribution in [0.4, 0.5) is 16.2 Å². The molecule has 2 aromatic rings. The van der Waals surface area contributed by atoms with Crippen LogP contribution in [0.5, 0.6) is 0 Å². The molecule has 7 heteroatoms. The fourth-order valence-electron chi connectivity index (χ4n) is 2.25. The molecule has 0 aliphatic heterocycles. The Bertz CT molecular complexity index is 703. The maximum atomic E-state index is 12.1. The highest BCUT2D eigenvalue weighted by Crippen LogP contribution is 2.23. The summed E-state index contributed by atoms with van der Waals surface area (Å²) in [6.07, 6.45) is 4.79. The summed E-state index contributed by atoms with van der Waals surface area (Å²) >= 11 is 0. The van der Waals surface area contributed by atoms with Crippen molar-refractivity contribution in [3.63, 3.8) is 0 Å². The third-order valence-electron chi connectivity index (χ3n) is 3.48. The van der Waals surface area contributed by atoms with Crippen molar-refractivity contribution in [2.75, 3.05) is 17.2 Å². The Morgan fingerprint density at radius 1 is 1.42 bits per heavy atom. The smallest absolute Gasteiger partial charge is 0.412 e. The van der Waals surface area contributed by atoms with Gasteiger partial charge in [-0.3, -0.25) is 5.32 Å². The summed E-state index contributed by atoms with van der Waals surface area (Å²) in [6.45, 7) is 9.51. The van der Waals surface area contributed by atoms with Crippen LogP contribution in [0.3, 0.4) is 0 Å². The number of nitrogens with zero attached hydrogens (tertiary/aromatic N) is 2. The number of hydrogen-bond donors (Lipinski definition) is 3. The zero-order valence-electron chi connectivity index (χ0n) is 14.8. The highest BCUT2D eigenvalue weighted by molar-refractivity contribution is 5.90. The maximum absolute atomic E-state index is 12.1. The molecular weight excluding hydrogens is 308 g/mol. The zero-order valence-corrected chi connectivity index (χ0v) is 14.8. The number of carbonyl (C=O) groups is 1. The molecule has 0 unspecified atom stereocenters. The van der Waals surface area contributed by atoms with E-state index in [1.165, 1.54) is 0 Å². The third kappa shape index (κ3) is 4.61. The lowest BCUT2D eigenvalue weighted by atomic mass is 10.1. The first kappa shape index (κ1) is 18.1. The molecule has 1 atom stereocenters. The molecule has 0 saturated carbocycles. The van der Waals surface area contributed by atoms with Crippen molar-refractivity contribution in [1.29, 1.82) is 0 Å². The summed E-state index contributed by atoms with van der Waals surface area (Å²) in [5.41, 5.74) is 1.36. The molecular formula is C17H26N4O3. The number of amides is 1. The van der Waals surface area contributed by atoms with Crippen molar-refractivity contribution in [3.05, 3.63) is 24.7 Å². The monoisotopic (exact) mass is 334 g/mol. The minimum atomic E-state index is -0.578. The highest BCUT2D eigenvalue weighted by Gasteiger charge is 2.18. The van der Waals surface area contributed by atoms with Gasteiger partial charge in [0.25, 0.3) is 0 Å². The lowest BCUT2D eigenvalue weighted by molar-refractivity contribution is 0.0636. The molecule has 0 aliphatic rings. The van der Waals surface area contributed by atoms with Gasteiger partial charge in [0, 0.05) is 18.6 Å². The molecule has 0 bridgehead atoms. The van der Waals surface area contributed by atoms with E-state index in [9.17, 15) is 9.90 Å². The van der Waals surface area contributed by atoms with Crippen LogP contribution < -0.4 is 10.6 Å². The Morgan fingerprint density at radius 3 is 2.71 bits per heavy atom. The molecule has 0 spiro atoms. The van der Waals surface area contributed by atoms with Crippen LogP contribution in [0.2, 0.25) is 0 Å². The molecule has 132 valence electrons. The van der Waals surface area contributed by atoms with Crippen LogP contribution >= 0.6 is 0 Å². The van der Waals surface area contributed by atoms with Gasteiger partial charge < -0.3 is 19.6 Å². The first-order valence-electron chi connectivity index (χ1n) is 8.03. The summed E-state index contributed by atoms with van der Waals surface area (Å²) in [4.78, 5) is 16.3. The largest absolute Gasteiger partial charge is 0.444 e. The standard InChI is InChI=1S/C17H26N4O3/c1-11(2)14(10-22)19-12-8-13(15-18-6-7-21(15)9-12)20-16(23)24-17(3,4)5/h6-9,11,14,19,22H,10H2,1-5H3,(H,20,23)/t14-/m0/s1. The molecule has 3 N–H and O–H groups in total. The third-order valence-corrected chi connectivity index (χ3v) is 3.48. The van der Waals surface area contributed by atoms with Gasteiger partial charge in [0.15, 0.2) is 5.65 Å². The van der Waals surface area contributed by atoms with E-state index in [0.717, 1.165) is 5.69 Å². The number of fused-ring (bicyclic) bond motifs is 1. The number of aromatic nitrogens is 2. The summed E-state index contributed by atoms with van der Waals surface area (Å²) in [5.74, 6) is 0.260. The van der Waals surface area contributed by atoms with Crippen LogP contribution in [0, 0.1) is 5.92 Å². The van der Waals surface area contributed by atoms with Gasteiger partial charge in [0.2, 0.25) is 0 Å². The van der Waals surface area contributed by atoms with Crippen LogP contribution in [-0.2, 0) is 4.74 Å². The van der Waals surface area contributed by atoms with Crippen molar-refractivity contribution in [2.24, 2.45) is 5.92 Å². The number of hydrogen-bond acceptors (Lipinski definition) is 5. The lowest BCUT2D eigenvalue weighted by Gasteiger charge is -2.22. The first-order valence-corrected chi connectivity index (χ1v) is 8.03. The number of rotatable bonds is 5. The molecule has 0 aliphatic carbocycles. The van der Waals surface area contributed by atoms with E-state index >= 15 is 0 Å². The molecule has 0 aromatic carbocycles. The van der Waals surface area contributed by atoms with Crippen molar-refractivity contribution in [2.45, 2.75) is 46.3 Å². The first-order chi connectivity index (χ1) is 11.2.